The standard InChI is InChI=1S/C20H30N2O2S2/c1-4-24-19(23)17-15-8-6-5-7-9-16(15)26-18(17)21-20(25)22-11-13(2)10-14(3)12-22/h13-14H,4-12H2,1-3H3,(H,21,25)/t13-,14-/m0/s1. The van der Waals surface area contributed by atoms with Crippen molar-refractivity contribution < 1.29 is 9.53 Å². The normalized spacial score (nSPS) is 23.1. The first kappa shape index (κ1) is 19.6. The monoisotopic (exact) mass is 394 g/mol. The molecule has 6 heteroatoms. The van der Waals surface area contributed by atoms with Crippen LogP contribution in [0.1, 0.15) is 67.3 Å². The fourth-order valence-corrected chi connectivity index (χ4v) is 5.85. The van der Waals surface area contributed by atoms with Crippen molar-refractivity contribution in [2.45, 2.75) is 59.3 Å². The highest BCUT2D eigenvalue weighted by molar-refractivity contribution is 7.80. The molecule has 1 aliphatic carbocycles. The number of hydrogen-bond donors (Lipinski definition) is 1. The number of piperidine rings is 1. The fourth-order valence-electron chi connectivity index (χ4n) is 4.25. The molecule has 1 aromatic heterocycles. The van der Waals surface area contributed by atoms with E-state index in [2.05, 4.69) is 24.1 Å². The van der Waals surface area contributed by atoms with Crippen LogP contribution in [0, 0.1) is 11.8 Å². The molecule has 0 aromatic carbocycles. The minimum atomic E-state index is -0.211. The lowest BCUT2D eigenvalue weighted by molar-refractivity contribution is 0.0527. The maximum atomic E-state index is 12.7. The summed E-state index contributed by atoms with van der Waals surface area (Å²) in [6.45, 7) is 8.78. The Bertz CT molecular complexity index is 661. The number of carbonyl (C=O) groups is 1. The van der Waals surface area contributed by atoms with Crippen molar-refractivity contribution in [1.82, 2.24) is 4.90 Å². The Morgan fingerprint density at radius 1 is 1.23 bits per heavy atom. The van der Waals surface area contributed by atoms with E-state index in [1.54, 1.807) is 11.3 Å². The molecule has 3 rings (SSSR count). The number of thiocarbonyl (C=S) groups is 1. The van der Waals surface area contributed by atoms with Crippen LogP contribution in [0.5, 0.6) is 0 Å². The molecule has 144 valence electrons. The number of hydrogen-bond acceptors (Lipinski definition) is 4. The van der Waals surface area contributed by atoms with Gasteiger partial charge in [-0.2, -0.15) is 0 Å². The van der Waals surface area contributed by atoms with Crippen LogP contribution < -0.4 is 5.32 Å². The van der Waals surface area contributed by atoms with Gasteiger partial charge in [-0.3, -0.25) is 0 Å². The van der Waals surface area contributed by atoms with E-state index < -0.39 is 0 Å². The van der Waals surface area contributed by atoms with Crippen molar-refractivity contribution in [1.29, 1.82) is 0 Å². The number of carbonyl (C=O) groups excluding carboxylic acids is 1. The Kier molecular flexibility index (Phi) is 6.56. The van der Waals surface area contributed by atoms with E-state index in [4.69, 9.17) is 17.0 Å². The van der Waals surface area contributed by atoms with Gasteiger partial charge in [0.15, 0.2) is 5.11 Å². The molecule has 1 aromatic rings. The second-order valence-electron chi connectivity index (χ2n) is 7.77. The van der Waals surface area contributed by atoms with Gasteiger partial charge in [-0.1, -0.05) is 20.3 Å². The van der Waals surface area contributed by atoms with Crippen LogP contribution >= 0.6 is 23.6 Å². The second kappa shape index (κ2) is 8.70. The van der Waals surface area contributed by atoms with Crippen molar-refractivity contribution in [3.63, 3.8) is 0 Å². The summed E-state index contributed by atoms with van der Waals surface area (Å²) in [6.07, 6.45) is 6.84. The molecule has 2 atom stereocenters. The van der Waals surface area contributed by atoms with Gasteiger partial charge < -0.3 is 15.0 Å². The van der Waals surface area contributed by atoms with Gasteiger partial charge >= 0.3 is 5.97 Å². The third-order valence-electron chi connectivity index (χ3n) is 5.28. The molecule has 0 amide bonds. The topological polar surface area (TPSA) is 41.6 Å². The Labute approximate surface area is 166 Å². The van der Waals surface area contributed by atoms with E-state index >= 15 is 0 Å². The number of nitrogens with one attached hydrogen (secondary N) is 1. The molecular weight excluding hydrogens is 364 g/mol. The minimum Gasteiger partial charge on any atom is -0.462 e. The van der Waals surface area contributed by atoms with Gasteiger partial charge in [0.25, 0.3) is 0 Å². The van der Waals surface area contributed by atoms with Crippen molar-refractivity contribution in [2.24, 2.45) is 11.8 Å². The summed E-state index contributed by atoms with van der Waals surface area (Å²) in [5.41, 5.74) is 1.92. The first-order chi connectivity index (χ1) is 12.5. The zero-order valence-corrected chi connectivity index (χ0v) is 17.7. The van der Waals surface area contributed by atoms with E-state index in [9.17, 15) is 4.79 Å². The van der Waals surface area contributed by atoms with Crippen LogP contribution in [0.25, 0.3) is 0 Å². The Balaban J connectivity index is 1.84. The van der Waals surface area contributed by atoms with Gasteiger partial charge in [0.1, 0.15) is 5.00 Å². The van der Waals surface area contributed by atoms with Gasteiger partial charge in [-0.15, -0.1) is 11.3 Å². The Morgan fingerprint density at radius 2 is 1.92 bits per heavy atom. The highest BCUT2D eigenvalue weighted by atomic mass is 32.1. The Morgan fingerprint density at radius 3 is 2.62 bits per heavy atom. The van der Waals surface area contributed by atoms with Crippen LogP contribution in [0.3, 0.4) is 0 Å². The molecule has 0 bridgehead atoms. The number of rotatable bonds is 3. The van der Waals surface area contributed by atoms with Crippen molar-refractivity contribution in [3.05, 3.63) is 16.0 Å². The molecule has 0 unspecified atom stereocenters. The first-order valence-corrected chi connectivity index (χ1v) is 11.1. The van der Waals surface area contributed by atoms with Crippen molar-refractivity contribution in [2.75, 3.05) is 25.0 Å². The number of likely N-dealkylation sites (tertiary alicyclic amines) is 1. The fraction of sp³-hybridized carbons (Fsp3) is 0.700. The maximum Gasteiger partial charge on any atom is 0.341 e. The lowest BCUT2D eigenvalue weighted by Crippen LogP contribution is -2.44. The van der Waals surface area contributed by atoms with E-state index in [1.807, 2.05) is 6.92 Å². The summed E-state index contributed by atoms with van der Waals surface area (Å²) in [4.78, 5) is 16.2. The summed E-state index contributed by atoms with van der Waals surface area (Å²) < 4.78 is 5.37. The van der Waals surface area contributed by atoms with Gasteiger partial charge in [-0.25, -0.2) is 4.79 Å². The number of fused-ring (bicyclic) bond motifs is 1. The van der Waals surface area contributed by atoms with Crippen LogP contribution in [-0.4, -0.2) is 35.7 Å². The summed E-state index contributed by atoms with van der Waals surface area (Å²) in [5, 5.41) is 5.04. The number of aryl methyl sites for hydroxylation is 1. The van der Waals surface area contributed by atoms with E-state index in [-0.39, 0.29) is 5.97 Å². The number of anilines is 1. The lowest BCUT2D eigenvalue weighted by Gasteiger charge is -2.36. The molecule has 1 fully saturated rings. The van der Waals surface area contributed by atoms with Gasteiger partial charge in [0.2, 0.25) is 0 Å². The molecule has 2 heterocycles. The third kappa shape index (κ3) is 4.39. The van der Waals surface area contributed by atoms with Gasteiger partial charge in [-0.05, 0) is 68.6 Å². The number of ether oxygens (including phenoxy) is 1. The number of thiophene rings is 1. The predicted molar refractivity (Wildman–Crippen MR) is 112 cm³/mol. The number of esters is 1. The summed E-state index contributed by atoms with van der Waals surface area (Å²) in [7, 11) is 0. The summed E-state index contributed by atoms with van der Waals surface area (Å²) in [6, 6.07) is 0. The average molecular weight is 395 g/mol. The molecule has 1 N–H and O–H groups in total. The molecule has 1 saturated heterocycles. The van der Waals surface area contributed by atoms with Gasteiger partial charge in [0.05, 0.1) is 12.2 Å². The van der Waals surface area contributed by atoms with Crippen LogP contribution in [-0.2, 0) is 17.6 Å². The van der Waals surface area contributed by atoms with Crippen LogP contribution in [0.15, 0.2) is 0 Å². The summed E-state index contributed by atoms with van der Waals surface area (Å²) in [5.74, 6) is 1.07. The van der Waals surface area contributed by atoms with Crippen LogP contribution in [0.2, 0.25) is 0 Å². The maximum absolute atomic E-state index is 12.7. The molecule has 26 heavy (non-hydrogen) atoms. The molecule has 4 nitrogen and oxygen atoms in total. The highest BCUT2D eigenvalue weighted by Crippen LogP contribution is 2.38. The number of nitrogens with zero attached hydrogens (tertiary/aromatic N) is 1. The Hall–Kier alpha value is -1.14. The van der Waals surface area contributed by atoms with E-state index in [0.29, 0.717) is 18.4 Å². The lowest BCUT2D eigenvalue weighted by atomic mass is 9.92. The molecule has 0 radical (unpaired) electrons. The molecule has 2 aliphatic rings. The minimum absolute atomic E-state index is 0.211. The zero-order chi connectivity index (χ0) is 18.7. The van der Waals surface area contributed by atoms with E-state index in [0.717, 1.165) is 48.0 Å². The molecular formula is C20H30N2O2S2. The SMILES string of the molecule is CCOC(=O)c1c(NC(=S)N2C[C@@H](C)C[C@H](C)C2)sc2c1CCCCC2. The first-order valence-electron chi connectivity index (χ1n) is 9.87. The average Bonchev–Trinajstić information content (AvgIpc) is 2.75. The smallest absolute Gasteiger partial charge is 0.341 e. The molecule has 0 saturated carbocycles. The molecule has 1 aliphatic heterocycles. The van der Waals surface area contributed by atoms with Crippen molar-refractivity contribution in [3.8, 4) is 0 Å². The molecule has 0 spiro atoms. The van der Waals surface area contributed by atoms with Crippen molar-refractivity contribution >= 4 is 39.6 Å². The van der Waals surface area contributed by atoms with E-state index in [1.165, 1.54) is 29.7 Å². The van der Waals surface area contributed by atoms with Gasteiger partial charge in [0, 0.05) is 18.0 Å². The summed E-state index contributed by atoms with van der Waals surface area (Å²) >= 11 is 7.41. The zero-order valence-electron chi connectivity index (χ0n) is 16.1. The largest absolute Gasteiger partial charge is 0.462 e. The third-order valence-corrected chi connectivity index (χ3v) is 6.84. The second-order valence-corrected chi connectivity index (χ2v) is 9.26. The highest BCUT2D eigenvalue weighted by Gasteiger charge is 2.28. The van der Waals surface area contributed by atoms with Crippen LogP contribution in [0.4, 0.5) is 5.00 Å². The predicted octanol–water partition coefficient (Wildman–Crippen LogP) is 4.87. The quantitative estimate of drug-likeness (QED) is 0.450.